The van der Waals surface area contributed by atoms with Crippen molar-refractivity contribution in [1.29, 1.82) is 0 Å². The third-order valence-corrected chi connectivity index (χ3v) is 3.56. The minimum atomic E-state index is -0.840. The first kappa shape index (κ1) is 13.7. The second-order valence-corrected chi connectivity index (χ2v) is 4.79. The van der Waals surface area contributed by atoms with Crippen LogP contribution >= 0.6 is 0 Å². The van der Waals surface area contributed by atoms with Gasteiger partial charge >= 0.3 is 0 Å². The molecule has 0 heterocycles. The zero-order chi connectivity index (χ0) is 16.0. The van der Waals surface area contributed by atoms with Gasteiger partial charge in [-0.1, -0.05) is 0 Å². The lowest BCUT2D eigenvalue weighted by molar-refractivity contribution is 0.539. The minimum absolute atomic E-state index is 0.0440. The molecule has 3 aliphatic carbocycles. The predicted molar refractivity (Wildman–Crippen MR) is 80.6 cm³/mol. The van der Waals surface area contributed by atoms with Gasteiger partial charge in [-0.15, -0.1) is 0 Å². The molecule has 108 valence electrons. The largest absolute Gasteiger partial charge is 0.515 e. The van der Waals surface area contributed by atoms with Crippen LogP contribution < -0.4 is 32.2 Å². The third-order valence-electron chi connectivity index (χ3n) is 3.56. The molecule has 6 heteroatoms. The highest BCUT2D eigenvalue weighted by molar-refractivity contribution is 5.86. The zero-order valence-corrected chi connectivity index (χ0v) is 11.0. The van der Waals surface area contributed by atoms with Crippen molar-refractivity contribution in [2.75, 3.05) is 0 Å². The highest BCUT2D eigenvalue weighted by atomic mass is 16.2. The van der Waals surface area contributed by atoms with Crippen LogP contribution in [0.5, 0.6) is 0 Å². The lowest BCUT2D eigenvalue weighted by Crippen LogP contribution is -2.35. The summed E-state index contributed by atoms with van der Waals surface area (Å²) in [5.74, 6) is 0. The van der Waals surface area contributed by atoms with Crippen molar-refractivity contribution in [2.45, 2.75) is 0 Å². The first-order valence-electron chi connectivity index (χ1n) is 6.22. The van der Waals surface area contributed by atoms with Gasteiger partial charge in [-0.3, -0.25) is 19.2 Å². The number of fused-ring (bicyclic) bond motifs is 3. The first-order valence-corrected chi connectivity index (χ1v) is 6.22. The Labute approximate surface area is 121 Å². The summed E-state index contributed by atoms with van der Waals surface area (Å²) in [4.78, 5) is 47.9. The average molecular weight is 296 g/mol. The van der Waals surface area contributed by atoms with E-state index in [2.05, 4.69) is 0 Å². The Kier molecular flexibility index (Phi) is 2.88. The second kappa shape index (κ2) is 4.63. The summed E-state index contributed by atoms with van der Waals surface area (Å²) < 4.78 is 0. The van der Waals surface area contributed by atoms with E-state index in [0.29, 0.717) is 12.5 Å². The molecular formula is C16H8O6. The summed E-state index contributed by atoms with van der Waals surface area (Å²) in [6, 6.07) is 4.44. The van der Waals surface area contributed by atoms with Crippen molar-refractivity contribution in [3.63, 3.8) is 0 Å². The Balaban J connectivity index is 2.72. The van der Waals surface area contributed by atoms with Crippen molar-refractivity contribution >= 4 is 12.5 Å². The SMILES string of the molecule is O=c1c2c/c(=C/O)c(=O)cc-2c2cc(=O)/c(=C/O)cc-2c1=O. The van der Waals surface area contributed by atoms with Gasteiger partial charge in [0.05, 0.1) is 23.0 Å². The molecule has 6 nitrogen and oxygen atoms in total. The molecule has 0 fully saturated rings. The van der Waals surface area contributed by atoms with Crippen LogP contribution in [0.1, 0.15) is 0 Å². The Hall–Kier alpha value is -3.28. The summed E-state index contributed by atoms with van der Waals surface area (Å²) in [6.45, 7) is 0. The van der Waals surface area contributed by atoms with Crippen LogP contribution in [-0.4, -0.2) is 10.2 Å². The van der Waals surface area contributed by atoms with Crippen LogP contribution in [0.15, 0.2) is 43.4 Å². The van der Waals surface area contributed by atoms with Crippen LogP contribution in [0.25, 0.3) is 34.8 Å². The first-order chi connectivity index (χ1) is 10.5. The predicted octanol–water partition coefficient (Wildman–Crippen LogP) is -1.20. The molecule has 0 aromatic carbocycles. The Morgan fingerprint density at radius 3 is 1.27 bits per heavy atom. The molecule has 0 spiro atoms. The van der Waals surface area contributed by atoms with Gasteiger partial charge in [0.1, 0.15) is 0 Å². The maximum atomic E-state index is 12.1. The topological polar surface area (TPSA) is 109 Å². The van der Waals surface area contributed by atoms with Gasteiger partial charge in [-0.05, 0) is 35.4 Å². The van der Waals surface area contributed by atoms with Crippen LogP contribution in [0.3, 0.4) is 0 Å². The van der Waals surface area contributed by atoms with Gasteiger partial charge < -0.3 is 10.2 Å². The van der Waals surface area contributed by atoms with Crippen molar-refractivity contribution < 1.29 is 10.2 Å². The smallest absolute Gasteiger partial charge is 0.234 e. The van der Waals surface area contributed by atoms with E-state index < -0.39 is 21.7 Å². The van der Waals surface area contributed by atoms with Crippen LogP contribution in [0.4, 0.5) is 0 Å². The number of rotatable bonds is 0. The Morgan fingerprint density at radius 1 is 0.591 bits per heavy atom. The monoisotopic (exact) mass is 296 g/mol. The fourth-order valence-corrected chi connectivity index (χ4v) is 2.46. The van der Waals surface area contributed by atoms with E-state index in [1.54, 1.807) is 0 Å². The summed E-state index contributed by atoms with van der Waals surface area (Å²) >= 11 is 0. The molecule has 2 N–H and O–H groups in total. The highest BCUT2D eigenvalue weighted by Crippen LogP contribution is 2.26. The average Bonchev–Trinajstić information content (AvgIpc) is 2.52. The maximum absolute atomic E-state index is 12.1. The normalized spacial score (nSPS) is 13.3. The molecule has 0 aromatic heterocycles. The van der Waals surface area contributed by atoms with E-state index in [-0.39, 0.29) is 32.7 Å². The summed E-state index contributed by atoms with van der Waals surface area (Å²) in [7, 11) is 0. The lowest BCUT2D eigenvalue weighted by Gasteiger charge is -2.11. The molecule has 0 aliphatic heterocycles. The molecule has 0 unspecified atom stereocenters. The molecule has 0 saturated heterocycles. The zero-order valence-electron chi connectivity index (χ0n) is 11.0. The number of benzene rings is 3. The minimum Gasteiger partial charge on any atom is -0.515 e. The van der Waals surface area contributed by atoms with Gasteiger partial charge in [0.25, 0.3) is 0 Å². The number of aliphatic hydroxyl groups is 2. The van der Waals surface area contributed by atoms with Crippen LogP contribution in [-0.2, 0) is 0 Å². The fraction of sp³-hybridized carbons (Fsp3) is 0. The van der Waals surface area contributed by atoms with Crippen molar-refractivity contribution in [3.8, 4) is 22.3 Å². The van der Waals surface area contributed by atoms with E-state index in [0.717, 1.165) is 24.3 Å². The summed E-state index contributed by atoms with van der Waals surface area (Å²) in [6.07, 6.45) is 1.11. The summed E-state index contributed by atoms with van der Waals surface area (Å²) in [5, 5.41) is 17.7. The molecule has 0 bridgehead atoms. The molecule has 0 atom stereocenters. The molecule has 22 heavy (non-hydrogen) atoms. The quantitative estimate of drug-likeness (QED) is 0.398. The Morgan fingerprint density at radius 2 is 0.955 bits per heavy atom. The highest BCUT2D eigenvalue weighted by Gasteiger charge is 2.21. The third kappa shape index (κ3) is 1.74. The standard InChI is InChI=1S/C16H8O6/c17-5-7-1-11-9(3-13(7)19)10-4-14(20)8(6-18)2-12(10)16(22)15(11)21/h1-6,17-18H/b7-5-,8-6+. The van der Waals surface area contributed by atoms with E-state index in [1.165, 1.54) is 0 Å². The summed E-state index contributed by atoms with van der Waals surface area (Å²) in [5.41, 5.74) is -2.52. The molecule has 3 rings (SSSR count). The van der Waals surface area contributed by atoms with Crippen molar-refractivity contribution in [1.82, 2.24) is 0 Å². The lowest BCUT2D eigenvalue weighted by atomic mass is 9.89. The molecule has 0 saturated carbocycles. The van der Waals surface area contributed by atoms with Gasteiger partial charge in [0.15, 0.2) is 10.9 Å². The van der Waals surface area contributed by atoms with Crippen LogP contribution in [0.2, 0.25) is 0 Å². The van der Waals surface area contributed by atoms with Crippen molar-refractivity contribution in [2.24, 2.45) is 0 Å². The maximum Gasteiger partial charge on any atom is 0.234 e. The van der Waals surface area contributed by atoms with Gasteiger partial charge in [-0.2, -0.15) is 0 Å². The molecular weight excluding hydrogens is 288 g/mol. The van der Waals surface area contributed by atoms with E-state index >= 15 is 0 Å². The van der Waals surface area contributed by atoms with Crippen molar-refractivity contribution in [3.05, 3.63) is 75.6 Å². The number of hydrogen-bond donors (Lipinski definition) is 2. The molecule has 0 amide bonds. The number of aliphatic hydroxyl groups excluding tert-OH is 2. The number of hydrogen-bond acceptors (Lipinski definition) is 6. The van der Waals surface area contributed by atoms with E-state index in [4.69, 9.17) is 10.2 Å². The second-order valence-electron chi connectivity index (χ2n) is 4.79. The Bertz CT molecular complexity index is 1070. The van der Waals surface area contributed by atoms with Crippen LogP contribution in [0, 0.1) is 0 Å². The van der Waals surface area contributed by atoms with E-state index in [1.807, 2.05) is 0 Å². The molecule has 0 radical (unpaired) electrons. The van der Waals surface area contributed by atoms with Gasteiger partial charge in [0, 0.05) is 11.1 Å². The van der Waals surface area contributed by atoms with E-state index in [9.17, 15) is 19.2 Å². The molecule has 3 aliphatic rings. The fourth-order valence-electron chi connectivity index (χ4n) is 2.46. The van der Waals surface area contributed by atoms with Gasteiger partial charge in [-0.25, -0.2) is 0 Å². The van der Waals surface area contributed by atoms with Gasteiger partial charge in [0.2, 0.25) is 10.9 Å². The molecule has 0 aromatic rings.